The Bertz CT molecular complexity index is 555. The Labute approximate surface area is 87.0 Å². The van der Waals surface area contributed by atoms with Crippen molar-refractivity contribution < 1.29 is 4.42 Å². The summed E-state index contributed by atoms with van der Waals surface area (Å²) >= 11 is 4.13. The Balaban J connectivity index is 3.07. The summed E-state index contributed by atoms with van der Waals surface area (Å²) in [6.45, 7) is 3.87. The number of hydrogen-bond donors (Lipinski definition) is 1. The molecular formula is C11H10O2S. The third-order valence-corrected chi connectivity index (χ3v) is 2.88. The van der Waals surface area contributed by atoms with Gasteiger partial charge in [-0.3, -0.25) is 0 Å². The van der Waals surface area contributed by atoms with E-state index in [9.17, 15) is 4.79 Å². The van der Waals surface area contributed by atoms with Gasteiger partial charge in [0.2, 0.25) is 0 Å². The van der Waals surface area contributed by atoms with Gasteiger partial charge in [0.1, 0.15) is 5.58 Å². The quantitative estimate of drug-likeness (QED) is 0.530. The molecule has 0 radical (unpaired) electrons. The van der Waals surface area contributed by atoms with Crippen LogP contribution in [0.4, 0.5) is 0 Å². The lowest BCUT2D eigenvalue weighted by atomic mass is 10.1. The fourth-order valence-electron chi connectivity index (χ4n) is 1.63. The number of benzene rings is 1. The number of aryl methyl sites for hydroxylation is 2. The Morgan fingerprint density at radius 1 is 1.29 bits per heavy atom. The summed E-state index contributed by atoms with van der Waals surface area (Å²) in [4.78, 5) is 11.7. The predicted molar refractivity (Wildman–Crippen MR) is 59.2 cm³/mol. The molecule has 0 bridgehead atoms. The molecule has 1 heterocycles. The maximum atomic E-state index is 11.3. The van der Waals surface area contributed by atoms with Crippen LogP contribution in [0.15, 0.2) is 32.3 Å². The molecule has 0 spiro atoms. The molecule has 0 aliphatic rings. The maximum absolute atomic E-state index is 11.3. The molecule has 0 amide bonds. The molecule has 0 saturated carbocycles. The minimum atomic E-state index is -0.371. The van der Waals surface area contributed by atoms with Gasteiger partial charge in [-0.1, -0.05) is 12.1 Å². The molecule has 72 valence electrons. The topological polar surface area (TPSA) is 30.2 Å². The zero-order valence-corrected chi connectivity index (χ0v) is 8.89. The summed E-state index contributed by atoms with van der Waals surface area (Å²) < 4.78 is 5.12. The highest BCUT2D eigenvalue weighted by molar-refractivity contribution is 7.80. The first-order valence-corrected chi connectivity index (χ1v) is 4.78. The first-order chi connectivity index (χ1) is 6.61. The van der Waals surface area contributed by atoms with E-state index in [1.54, 1.807) is 6.07 Å². The Morgan fingerprint density at radius 2 is 2.00 bits per heavy atom. The van der Waals surface area contributed by atoms with Crippen LogP contribution in [-0.2, 0) is 0 Å². The zero-order chi connectivity index (χ0) is 10.3. The standard InChI is InChI=1S/C11H10O2S/c1-6-4-3-5-8-9(6)7(2)10(14)11(12)13-8/h3-5,14H,1-2H3. The molecule has 0 unspecified atom stereocenters. The van der Waals surface area contributed by atoms with Crippen molar-refractivity contribution >= 4 is 23.6 Å². The molecule has 0 fully saturated rings. The maximum Gasteiger partial charge on any atom is 0.350 e. The van der Waals surface area contributed by atoms with Crippen molar-refractivity contribution in [2.24, 2.45) is 0 Å². The molecule has 0 aliphatic heterocycles. The lowest BCUT2D eigenvalue weighted by Crippen LogP contribution is -2.03. The van der Waals surface area contributed by atoms with E-state index in [0.717, 1.165) is 16.5 Å². The van der Waals surface area contributed by atoms with Gasteiger partial charge in [-0.2, -0.15) is 0 Å². The highest BCUT2D eigenvalue weighted by Crippen LogP contribution is 2.23. The van der Waals surface area contributed by atoms with E-state index in [4.69, 9.17) is 4.42 Å². The summed E-state index contributed by atoms with van der Waals surface area (Å²) in [7, 11) is 0. The molecule has 2 rings (SSSR count). The van der Waals surface area contributed by atoms with Gasteiger partial charge in [0.05, 0.1) is 4.90 Å². The third kappa shape index (κ3) is 1.24. The highest BCUT2D eigenvalue weighted by atomic mass is 32.1. The van der Waals surface area contributed by atoms with Crippen LogP contribution in [0.25, 0.3) is 11.0 Å². The molecule has 0 saturated heterocycles. The second kappa shape index (κ2) is 3.17. The zero-order valence-electron chi connectivity index (χ0n) is 8.00. The molecule has 1 aromatic carbocycles. The minimum Gasteiger partial charge on any atom is -0.422 e. The number of thiol groups is 1. The first kappa shape index (κ1) is 9.34. The molecular weight excluding hydrogens is 196 g/mol. The van der Waals surface area contributed by atoms with Crippen LogP contribution in [-0.4, -0.2) is 0 Å². The van der Waals surface area contributed by atoms with Gasteiger partial charge in [-0.25, -0.2) is 4.79 Å². The van der Waals surface area contributed by atoms with Gasteiger partial charge in [-0.15, -0.1) is 12.6 Å². The molecule has 2 nitrogen and oxygen atoms in total. The fraction of sp³-hybridized carbons (Fsp3) is 0.182. The summed E-state index contributed by atoms with van der Waals surface area (Å²) in [5.41, 5.74) is 2.24. The van der Waals surface area contributed by atoms with E-state index < -0.39 is 0 Å². The van der Waals surface area contributed by atoms with E-state index in [1.807, 2.05) is 26.0 Å². The average Bonchev–Trinajstić information content (AvgIpc) is 2.14. The van der Waals surface area contributed by atoms with Gasteiger partial charge >= 0.3 is 5.63 Å². The highest BCUT2D eigenvalue weighted by Gasteiger charge is 2.08. The van der Waals surface area contributed by atoms with E-state index in [1.165, 1.54) is 0 Å². The van der Waals surface area contributed by atoms with E-state index in [-0.39, 0.29) is 5.63 Å². The third-order valence-electron chi connectivity index (χ3n) is 2.36. The molecule has 0 N–H and O–H groups in total. The van der Waals surface area contributed by atoms with Crippen molar-refractivity contribution in [1.82, 2.24) is 0 Å². The van der Waals surface area contributed by atoms with Gasteiger partial charge in [0.15, 0.2) is 0 Å². The Hall–Kier alpha value is -1.22. The minimum absolute atomic E-state index is 0.371. The number of hydrogen-bond acceptors (Lipinski definition) is 3. The Morgan fingerprint density at radius 3 is 2.71 bits per heavy atom. The first-order valence-electron chi connectivity index (χ1n) is 4.33. The van der Waals surface area contributed by atoms with Crippen LogP contribution < -0.4 is 5.63 Å². The summed E-state index contributed by atoms with van der Waals surface area (Å²) in [5.74, 6) is 0. The molecule has 2 aromatic rings. The second-order valence-corrected chi connectivity index (χ2v) is 3.76. The van der Waals surface area contributed by atoms with E-state index in [0.29, 0.717) is 10.5 Å². The molecule has 14 heavy (non-hydrogen) atoms. The van der Waals surface area contributed by atoms with Crippen LogP contribution in [0.3, 0.4) is 0 Å². The summed E-state index contributed by atoms with van der Waals surface area (Å²) in [5, 5.41) is 0.983. The van der Waals surface area contributed by atoms with Gasteiger partial charge in [0.25, 0.3) is 0 Å². The Kier molecular flexibility index (Phi) is 2.11. The summed E-state index contributed by atoms with van der Waals surface area (Å²) in [6, 6.07) is 5.66. The molecule has 3 heteroatoms. The van der Waals surface area contributed by atoms with Crippen molar-refractivity contribution in [3.8, 4) is 0 Å². The van der Waals surface area contributed by atoms with Gasteiger partial charge in [0, 0.05) is 5.39 Å². The van der Waals surface area contributed by atoms with Crippen molar-refractivity contribution in [3.63, 3.8) is 0 Å². The molecule has 1 aromatic heterocycles. The fourth-order valence-corrected chi connectivity index (χ4v) is 1.78. The molecule has 0 aliphatic carbocycles. The van der Waals surface area contributed by atoms with Crippen molar-refractivity contribution in [2.75, 3.05) is 0 Å². The van der Waals surface area contributed by atoms with Gasteiger partial charge < -0.3 is 4.42 Å². The second-order valence-electron chi connectivity index (χ2n) is 3.31. The normalized spacial score (nSPS) is 10.8. The van der Waals surface area contributed by atoms with Crippen LogP contribution >= 0.6 is 12.6 Å². The van der Waals surface area contributed by atoms with Crippen LogP contribution in [0, 0.1) is 13.8 Å². The van der Waals surface area contributed by atoms with E-state index in [2.05, 4.69) is 12.6 Å². The van der Waals surface area contributed by atoms with Crippen molar-refractivity contribution in [3.05, 3.63) is 39.7 Å². The number of rotatable bonds is 0. The predicted octanol–water partition coefficient (Wildman–Crippen LogP) is 2.70. The smallest absolute Gasteiger partial charge is 0.350 e. The number of fused-ring (bicyclic) bond motifs is 1. The van der Waals surface area contributed by atoms with Crippen LogP contribution in [0.5, 0.6) is 0 Å². The van der Waals surface area contributed by atoms with Gasteiger partial charge in [-0.05, 0) is 31.0 Å². The molecule has 0 atom stereocenters. The largest absolute Gasteiger partial charge is 0.422 e. The van der Waals surface area contributed by atoms with Crippen molar-refractivity contribution in [1.29, 1.82) is 0 Å². The average molecular weight is 206 g/mol. The van der Waals surface area contributed by atoms with E-state index >= 15 is 0 Å². The lowest BCUT2D eigenvalue weighted by molar-refractivity contribution is 0.542. The lowest BCUT2D eigenvalue weighted by Gasteiger charge is -2.05. The summed E-state index contributed by atoms with van der Waals surface area (Å²) in [6.07, 6.45) is 0. The van der Waals surface area contributed by atoms with Crippen molar-refractivity contribution in [2.45, 2.75) is 18.7 Å². The SMILES string of the molecule is Cc1cccc2oc(=O)c(S)c(C)c12. The van der Waals surface area contributed by atoms with Crippen LogP contribution in [0.2, 0.25) is 0 Å². The monoisotopic (exact) mass is 206 g/mol. The van der Waals surface area contributed by atoms with Crippen LogP contribution in [0.1, 0.15) is 11.1 Å².